The Labute approximate surface area is 156 Å². The summed E-state index contributed by atoms with van der Waals surface area (Å²) in [5, 5.41) is 13.2. The highest BCUT2D eigenvalue weighted by Crippen LogP contribution is 2.51. The molecule has 0 N–H and O–H groups in total. The molecule has 0 amide bonds. The van der Waals surface area contributed by atoms with Gasteiger partial charge in [-0.1, -0.05) is 55.3 Å². The van der Waals surface area contributed by atoms with Crippen LogP contribution in [0, 0.1) is 29.9 Å². The van der Waals surface area contributed by atoms with E-state index in [2.05, 4.69) is 84.0 Å². The van der Waals surface area contributed by atoms with E-state index in [1.54, 1.807) is 0 Å². The maximum Gasteiger partial charge on any atom is 0.225 e. The predicted octanol–water partition coefficient (Wildman–Crippen LogP) is 6.41. The lowest BCUT2D eigenvalue weighted by atomic mass is 9.65. The van der Waals surface area contributed by atoms with E-state index in [9.17, 15) is 5.21 Å². The topological polar surface area (TPSA) is 26.1 Å². The summed E-state index contributed by atoms with van der Waals surface area (Å²) in [4.78, 5) is 0. The minimum Gasteiger partial charge on any atom is -0.618 e. The lowest BCUT2D eigenvalue weighted by molar-refractivity contribution is -0.361. The van der Waals surface area contributed by atoms with Crippen LogP contribution in [0.3, 0.4) is 0 Å². The lowest BCUT2D eigenvalue weighted by Gasteiger charge is -2.36. The first-order chi connectivity index (χ1) is 12.1. The van der Waals surface area contributed by atoms with E-state index in [0.29, 0.717) is 0 Å². The highest BCUT2D eigenvalue weighted by molar-refractivity contribution is 6.28. The van der Waals surface area contributed by atoms with Crippen molar-refractivity contribution >= 4 is 17.0 Å². The molecule has 134 valence electrons. The van der Waals surface area contributed by atoms with Crippen molar-refractivity contribution in [3.05, 3.63) is 64.4 Å². The number of rotatable bonds is 1. The summed E-state index contributed by atoms with van der Waals surface area (Å²) < 4.78 is 1.18. The number of benzene rings is 2. The summed E-state index contributed by atoms with van der Waals surface area (Å²) in [6, 6.07) is 12.9. The second-order valence-electron chi connectivity index (χ2n) is 9.36. The molecule has 0 atom stereocenters. The van der Waals surface area contributed by atoms with Crippen LogP contribution < -0.4 is 0 Å². The zero-order chi connectivity index (χ0) is 18.9. The van der Waals surface area contributed by atoms with E-state index in [4.69, 9.17) is 0 Å². The van der Waals surface area contributed by atoms with Crippen LogP contribution in [0.15, 0.2) is 42.5 Å². The minimum absolute atomic E-state index is 0.0944. The van der Waals surface area contributed by atoms with Gasteiger partial charge in [-0.05, 0) is 56.7 Å². The maximum absolute atomic E-state index is 13.2. The van der Waals surface area contributed by atoms with Crippen LogP contribution >= 0.6 is 0 Å². The Morgan fingerprint density at radius 1 is 0.885 bits per heavy atom. The van der Waals surface area contributed by atoms with Gasteiger partial charge in [-0.25, -0.2) is 0 Å². The highest BCUT2D eigenvalue weighted by Gasteiger charge is 2.48. The summed E-state index contributed by atoms with van der Waals surface area (Å²) in [5.74, 6) is 0. The summed E-state index contributed by atoms with van der Waals surface area (Å²) in [7, 11) is 0. The molecule has 2 aromatic rings. The fraction of sp³-hybridized carbons (Fsp3) is 0.375. The van der Waals surface area contributed by atoms with E-state index < -0.39 is 0 Å². The van der Waals surface area contributed by atoms with E-state index in [0.717, 1.165) is 34.5 Å². The molecule has 0 unspecified atom stereocenters. The Morgan fingerprint density at radius 3 is 2.19 bits per heavy atom. The van der Waals surface area contributed by atoms with Crippen LogP contribution in [0.4, 0.5) is 5.69 Å². The molecule has 0 bridgehead atoms. The van der Waals surface area contributed by atoms with Crippen molar-refractivity contribution in [2.75, 3.05) is 0 Å². The number of fused-ring (bicyclic) bond motifs is 3. The second-order valence-corrected chi connectivity index (χ2v) is 9.36. The summed E-state index contributed by atoms with van der Waals surface area (Å²) in [6.45, 7) is 13.1. The lowest BCUT2D eigenvalue weighted by Crippen LogP contribution is -2.36. The number of hydrogen-bond acceptors (Lipinski definition) is 1. The molecular weight excluding hydrogens is 318 g/mol. The van der Waals surface area contributed by atoms with Crippen LogP contribution in [0.2, 0.25) is 0 Å². The Morgan fingerprint density at radius 2 is 1.54 bits per heavy atom. The van der Waals surface area contributed by atoms with Gasteiger partial charge in [0.1, 0.15) is 0 Å². The fourth-order valence-electron chi connectivity index (χ4n) is 5.06. The Hall–Kier alpha value is -2.35. The normalized spacial score (nSPS) is 19.8. The maximum atomic E-state index is 13.2. The minimum atomic E-state index is -0.131. The first kappa shape index (κ1) is 17.1. The van der Waals surface area contributed by atoms with Crippen molar-refractivity contribution in [2.45, 2.75) is 48.0 Å². The van der Waals surface area contributed by atoms with Crippen LogP contribution in [0.1, 0.15) is 50.8 Å². The van der Waals surface area contributed by atoms with E-state index in [-0.39, 0.29) is 10.8 Å². The van der Waals surface area contributed by atoms with E-state index >= 15 is 0 Å². The molecule has 1 heterocycles. The number of allylic oxidation sites excluding steroid dienone is 2. The monoisotopic (exact) mass is 345 g/mol. The molecule has 2 nitrogen and oxygen atoms in total. The van der Waals surface area contributed by atoms with Gasteiger partial charge < -0.3 is 5.21 Å². The van der Waals surface area contributed by atoms with Crippen LogP contribution in [-0.4, -0.2) is 10.5 Å². The Bertz CT molecular complexity index is 969. The average molecular weight is 345 g/mol. The van der Waals surface area contributed by atoms with Gasteiger partial charge in [0.2, 0.25) is 11.4 Å². The van der Waals surface area contributed by atoms with Gasteiger partial charge >= 0.3 is 0 Å². The van der Waals surface area contributed by atoms with E-state index in [1.165, 1.54) is 21.4 Å². The predicted molar refractivity (Wildman–Crippen MR) is 110 cm³/mol. The zero-order valence-electron chi connectivity index (χ0n) is 16.6. The molecule has 0 radical (unpaired) electrons. The Kier molecular flexibility index (Phi) is 3.50. The number of hydrogen-bond donors (Lipinski definition) is 0. The van der Waals surface area contributed by atoms with Gasteiger partial charge in [-0.15, -0.1) is 0 Å². The third-order valence-corrected chi connectivity index (χ3v) is 5.59. The third-order valence-electron chi connectivity index (χ3n) is 5.59. The van der Waals surface area contributed by atoms with Crippen molar-refractivity contribution in [2.24, 2.45) is 10.8 Å². The molecule has 1 aliphatic heterocycles. The van der Waals surface area contributed by atoms with Gasteiger partial charge in [0.15, 0.2) is 0 Å². The molecule has 1 aliphatic carbocycles. The first-order valence-corrected chi connectivity index (χ1v) is 9.38. The third kappa shape index (κ3) is 2.59. The first-order valence-electron chi connectivity index (χ1n) is 9.38. The van der Waals surface area contributed by atoms with Crippen molar-refractivity contribution in [3.8, 4) is 11.1 Å². The molecule has 0 fully saturated rings. The summed E-state index contributed by atoms with van der Waals surface area (Å²) in [6.07, 6.45) is 3.27. The molecule has 2 aliphatic rings. The van der Waals surface area contributed by atoms with Gasteiger partial charge in [-0.2, -0.15) is 4.74 Å². The fourth-order valence-corrected chi connectivity index (χ4v) is 5.06. The molecule has 2 aromatic carbocycles. The summed E-state index contributed by atoms with van der Waals surface area (Å²) >= 11 is 0. The molecule has 0 saturated heterocycles. The van der Waals surface area contributed by atoms with Crippen molar-refractivity contribution < 1.29 is 4.74 Å². The van der Waals surface area contributed by atoms with Gasteiger partial charge in [-0.3, -0.25) is 0 Å². The largest absolute Gasteiger partial charge is 0.618 e. The molecule has 26 heavy (non-hydrogen) atoms. The average Bonchev–Trinajstić information content (AvgIpc) is 2.77. The number of nitrogens with zero attached hydrogens (tertiary/aromatic N) is 1. The smallest absolute Gasteiger partial charge is 0.225 e. The van der Waals surface area contributed by atoms with Gasteiger partial charge in [0.25, 0.3) is 0 Å². The van der Waals surface area contributed by atoms with Crippen LogP contribution in [-0.2, 0) is 0 Å². The van der Waals surface area contributed by atoms with Crippen LogP contribution in [0.5, 0.6) is 0 Å². The van der Waals surface area contributed by atoms with Crippen molar-refractivity contribution in [1.82, 2.24) is 0 Å². The highest BCUT2D eigenvalue weighted by atomic mass is 16.5. The number of aryl methyl sites for hydroxylation is 2. The second kappa shape index (κ2) is 5.33. The molecular formula is C24H27NO. The quantitative estimate of drug-likeness (QED) is 0.433. The molecule has 0 aromatic heterocycles. The molecule has 0 spiro atoms. The van der Waals surface area contributed by atoms with Crippen molar-refractivity contribution in [3.63, 3.8) is 0 Å². The molecule has 4 rings (SSSR count). The standard InChI is InChI=1S/C24H27NO/c1-15-9-16(2)11-18(10-15)17-7-8-19-20-13-23(3,4)14-24(5,6)22(20)25(26)21(19)12-17/h7-13H,14H2,1-6H3. The SMILES string of the molecule is Cc1cc(C)cc(-c2ccc3c(c2)[N+]([O-])=C2C3=CC(C)(C)CC2(C)C)c1. The van der Waals surface area contributed by atoms with E-state index in [1.807, 2.05) is 0 Å². The zero-order valence-corrected chi connectivity index (χ0v) is 16.6. The van der Waals surface area contributed by atoms with Crippen LogP contribution in [0.25, 0.3) is 16.7 Å². The Balaban J connectivity index is 1.91. The molecule has 0 saturated carbocycles. The molecule has 2 heteroatoms. The van der Waals surface area contributed by atoms with Gasteiger partial charge in [0.05, 0.1) is 16.6 Å². The van der Waals surface area contributed by atoms with Gasteiger partial charge in [0, 0.05) is 6.07 Å². The van der Waals surface area contributed by atoms with Crippen molar-refractivity contribution in [1.29, 1.82) is 0 Å². The summed E-state index contributed by atoms with van der Waals surface area (Å²) in [5.41, 5.74) is 8.64.